The van der Waals surface area contributed by atoms with E-state index in [4.69, 9.17) is 32.9 Å². The molecule has 0 atom stereocenters. The van der Waals surface area contributed by atoms with Crippen LogP contribution in [0.4, 0.5) is 5.13 Å². The maximum absolute atomic E-state index is 13.3. The number of ether oxygens (including phenoxy) is 1. The predicted octanol–water partition coefficient (Wildman–Crippen LogP) is 6.54. The van der Waals surface area contributed by atoms with Crippen molar-refractivity contribution in [3.8, 4) is 0 Å². The molecular weight excluding hydrogens is 509 g/mol. The van der Waals surface area contributed by atoms with Gasteiger partial charge in [0.15, 0.2) is 5.13 Å². The molecule has 1 aliphatic rings. The fraction of sp³-hybridized carbons (Fsp3) is 0.440. The third-order valence-electron chi connectivity index (χ3n) is 5.75. The number of carbonyl (C=O) groups excluding carboxylic acids is 1. The first kappa shape index (κ1) is 25.7. The molecule has 0 aliphatic carbocycles. The largest absolute Gasteiger partial charge is 0.379 e. The van der Waals surface area contributed by atoms with E-state index >= 15 is 0 Å². The van der Waals surface area contributed by atoms with Gasteiger partial charge in [0.1, 0.15) is 0 Å². The van der Waals surface area contributed by atoms with E-state index in [-0.39, 0.29) is 5.91 Å². The highest BCUT2D eigenvalue weighted by atomic mass is 35.5. The molecule has 2 heterocycles. The molecule has 3 aromatic rings. The molecule has 1 amide bonds. The third-order valence-corrected chi connectivity index (χ3v) is 8.34. The van der Waals surface area contributed by atoms with Gasteiger partial charge < -0.3 is 4.74 Å². The van der Waals surface area contributed by atoms with Crippen LogP contribution < -0.4 is 4.90 Å². The summed E-state index contributed by atoms with van der Waals surface area (Å²) in [6, 6.07) is 11.7. The highest BCUT2D eigenvalue weighted by Crippen LogP contribution is 2.33. The van der Waals surface area contributed by atoms with E-state index in [1.807, 2.05) is 48.2 Å². The summed E-state index contributed by atoms with van der Waals surface area (Å²) in [5, 5.41) is 2.20. The van der Waals surface area contributed by atoms with Gasteiger partial charge in [-0.3, -0.25) is 14.6 Å². The Morgan fingerprint density at radius 3 is 2.68 bits per heavy atom. The van der Waals surface area contributed by atoms with Gasteiger partial charge in [0.2, 0.25) is 5.91 Å². The van der Waals surface area contributed by atoms with Gasteiger partial charge in [-0.25, -0.2) is 4.98 Å². The fourth-order valence-electron chi connectivity index (χ4n) is 3.94. The summed E-state index contributed by atoms with van der Waals surface area (Å²) in [6.45, 7) is 7.10. The first-order chi connectivity index (χ1) is 16.5. The maximum Gasteiger partial charge on any atom is 0.228 e. The lowest BCUT2D eigenvalue weighted by atomic mass is 10.2. The van der Waals surface area contributed by atoms with Crippen molar-refractivity contribution in [2.24, 2.45) is 0 Å². The summed E-state index contributed by atoms with van der Waals surface area (Å²) in [7, 11) is 0. The molecule has 182 valence electrons. The Bertz CT molecular complexity index is 1100. The average Bonchev–Trinajstić information content (AvgIpc) is 3.25. The van der Waals surface area contributed by atoms with Gasteiger partial charge in [-0.1, -0.05) is 34.5 Å². The van der Waals surface area contributed by atoms with Gasteiger partial charge in [0.25, 0.3) is 0 Å². The van der Waals surface area contributed by atoms with Crippen LogP contribution in [0, 0.1) is 6.92 Å². The standard InChI is InChI=1S/C25H29Cl2N3O2S2/c1-18-16-20(27)17-22-24(18)28-25(34-22)30(10-3-9-29-11-13-32-14-12-29)23(31)4-2-15-33-21-7-5-19(26)6-8-21/h5-8,16-17H,2-4,9-15H2,1H3. The zero-order valence-electron chi connectivity index (χ0n) is 19.3. The molecule has 0 spiro atoms. The monoisotopic (exact) mass is 537 g/mol. The Morgan fingerprint density at radius 1 is 1.15 bits per heavy atom. The average molecular weight is 539 g/mol. The predicted molar refractivity (Wildman–Crippen MR) is 145 cm³/mol. The van der Waals surface area contributed by atoms with Crippen LogP contribution in [-0.4, -0.2) is 60.9 Å². The zero-order chi connectivity index (χ0) is 23.9. The molecule has 34 heavy (non-hydrogen) atoms. The van der Waals surface area contributed by atoms with E-state index in [1.54, 1.807) is 23.1 Å². The van der Waals surface area contributed by atoms with Crippen molar-refractivity contribution in [2.75, 3.05) is 50.0 Å². The summed E-state index contributed by atoms with van der Waals surface area (Å²) in [5.41, 5.74) is 1.96. The van der Waals surface area contributed by atoms with Crippen molar-refractivity contribution < 1.29 is 9.53 Å². The molecule has 1 saturated heterocycles. The van der Waals surface area contributed by atoms with E-state index in [2.05, 4.69) is 4.90 Å². The molecule has 0 unspecified atom stereocenters. The van der Waals surface area contributed by atoms with Crippen molar-refractivity contribution in [2.45, 2.75) is 31.1 Å². The Kier molecular flexibility index (Phi) is 9.51. The van der Waals surface area contributed by atoms with Gasteiger partial charge >= 0.3 is 0 Å². The quantitative estimate of drug-likeness (QED) is 0.217. The van der Waals surface area contributed by atoms with E-state index in [1.165, 1.54) is 0 Å². The highest BCUT2D eigenvalue weighted by Gasteiger charge is 2.21. The number of rotatable bonds is 10. The Balaban J connectivity index is 1.40. The number of fused-ring (bicyclic) bond motifs is 1. The summed E-state index contributed by atoms with van der Waals surface area (Å²) in [5.74, 6) is 1.00. The van der Waals surface area contributed by atoms with Crippen LogP contribution in [0.25, 0.3) is 10.2 Å². The zero-order valence-corrected chi connectivity index (χ0v) is 22.4. The molecule has 9 heteroatoms. The lowest BCUT2D eigenvalue weighted by molar-refractivity contribution is -0.118. The van der Waals surface area contributed by atoms with Crippen molar-refractivity contribution >= 4 is 67.6 Å². The van der Waals surface area contributed by atoms with E-state index in [0.29, 0.717) is 18.0 Å². The molecule has 1 fully saturated rings. The maximum atomic E-state index is 13.3. The van der Waals surface area contributed by atoms with Gasteiger partial charge in [0.05, 0.1) is 23.4 Å². The number of aryl methyl sites for hydroxylation is 1. The molecule has 4 rings (SSSR count). The van der Waals surface area contributed by atoms with Crippen molar-refractivity contribution in [1.82, 2.24) is 9.88 Å². The second-order valence-electron chi connectivity index (χ2n) is 8.32. The lowest BCUT2D eigenvalue weighted by Crippen LogP contribution is -2.39. The van der Waals surface area contributed by atoms with Crippen LogP contribution in [0.15, 0.2) is 41.3 Å². The van der Waals surface area contributed by atoms with Crippen LogP contribution in [0.3, 0.4) is 0 Å². The topological polar surface area (TPSA) is 45.7 Å². The van der Waals surface area contributed by atoms with Crippen molar-refractivity contribution in [3.05, 3.63) is 52.0 Å². The SMILES string of the molecule is Cc1cc(Cl)cc2sc(N(CCCN3CCOCC3)C(=O)CCCSc3ccc(Cl)cc3)nc12. The molecule has 5 nitrogen and oxygen atoms in total. The molecule has 0 N–H and O–H groups in total. The second-order valence-corrected chi connectivity index (χ2v) is 11.4. The second kappa shape index (κ2) is 12.6. The minimum Gasteiger partial charge on any atom is -0.379 e. The van der Waals surface area contributed by atoms with E-state index in [9.17, 15) is 4.79 Å². The number of carbonyl (C=O) groups is 1. The number of thioether (sulfide) groups is 1. The van der Waals surface area contributed by atoms with Crippen molar-refractivity contribution in [1.29, 1.82) is 0 Å². The van der Waals surface area contributed by atoms with E-state index in [0.717, 1.165) is 82.3 Å². The number of hydrogen-bond acceptors (Lipinski definition) is 6. The van der Waals surface area contributed by atoms with Gasteiger partial charge in [0, 0.05) is 47.5 Å². The number of thiazole rings is 1. The number of nitrogens with zero attached hydrogens (tertiary/aromatic N) is 3. The number of morpholine rings is 1. The molecule has 1 aliphatic heterocycles. The van der Waals surface area contributed by atoms with Crippen LogP contribution in [0.5, 0.6) is 0 Å². The molecule has 0 bridgehead atoms. The van der Waals surface area contributed by atoms with Gasteiger partial charge in [-0.2, -0.15) is 0 Å². The summed E-state index contributed by atoms with van der Waals surface area (Å²) >= 11 is 15.5. The molecular formula is C25H29Cl2N3O2S2. The highest BCUT2D eigenvalue weighted by molar-refractivity contribution is 7.99. The van der Waals surface area contributed by atoms with Crippen LogP contribution in [-0.2, 0) is 9.53 Å². The summed E-state index contributed by atoms with van der Waals surface area (Å²) in [4.78, 5) is 23.6. The molecule has 2 aromatic carbocycles. The number of anilines is 1. The number of aromatic nitrogens is 1. The lowest BCUT2D eigenvalue weighted by Gasteiger charge is -2.27. The smallest absolute Gasteiger partial charge is 0.228 e. The minimum atomic E-state index is 0.126. The van der Waals surface area contributed by atoms with Crippen LogP contribution >= 0.6 is 46.3 Å². The Morgan fingerprint density at radius 2 is 1.91 bits per heavy atom. The first-order valence-electron chi connectivity index (χ1n) is 11.5. The summed E-state index contributed by atoms with van der Waals surface area (Å²) < 4.78 is 6.47. The molecule has 0 saturated carbocycles. The Hall–Kier alpha value is -1.35. The van der Waals surface area contributed by atoms with Crippen molar-refractivity contribution in [3.63, 3.8) is 0 Å². The summed E-state index contributed by atoms with van der Waals surface area (Å²) in [6.07, 6.45) is 2.20. The number of hydrogen-bond donors (Lipinski definition) is 0. The minimum absolute atomic E-state index is 0.126. The van der Waals surface area contributed by atoms with Crippen LogP contribution in [0.1, 0.15) is 24.8 Å². The van der Waals surface area contributed by atoms with Gasteiger partial charge in [-0.05, 0) is 67.5 Å². The number of halogens is 2. The third kappa shape index (κ3) is 7.09. The number of amides is 1. The number of benzene rings is 2. The molecule has 1 aromatic heterocycles. The van der Waals surface area contributed by atoms with E-state index < -0.39 is 0 Å². The fourth-order valence-corrected chi connectivity index (χ4v) is 6.38. The first-order valence-corrected chi connectivity index (χ1v) is 14.1. The normalized spacial score (nSPS) is 14.6. The van der Waals surface area contributed by atoms with Crippen LogP contribution in [0.2, 0.25) is 10.0 Å². The van der Waals surface area contributed by atoms with Gasteiger partial charge in [-0.15, -0.1) is 11.8 Å². The Labute approximate surface area is 219 Å². The molecule has 0 radical (unpaired) electrons.